The maximum atomic E-state index is 12.7. The molecule has 1 heterocycles. The Labute approximate surface area is 99.9 Å². The molecular weight excluding hydrogens is 250 g/mol. The molecular formula is C11H8F2O5. The zero-order chi connectivity index (χ0) is 13.3. The first-order chi connectivity index (χ1) is 8.37. The number of alkyl halides is 2. The van der Waals surface area contributed by atoms with Crippen molar-refractivity contribution < 1.29 is 33.0 Å². The van der Waals surface area contributed by atoms with E-state index in [1.54, 1.807) is 0 Å². The Bertz CT molecular complexity index is 512. The zero-order valence-electron chi connectivity index (χ0n) is 8.98. The van der Waals surface area contributed by atoms with E-state index in [4.69, 9.17) is 5.11 Å². The number of hydrogen-bond donors (Lipinski definition) is 1. The van der Waals surface area contributed by atoms with E-state index < -0.39 is 18.0 Å². The molecule has 0 amide bonds. The molecule has 0 saturated carbocycles. The van der Waals surface area contributed by atoms with Crippen LogP contribution in [0.25, 0.3) is 0 Å². The monoisotopic (exact) mass is 258 g/mol. The second kappa shape index (κ2) is 4.25. The third kappa shape index (κ3) is 2.55. The maximum absolute atomic E-state index is 12.7. The van der Waals surface area contributed by atoms with Gasteiger partial charge in [0.2, 0.25) is 0 Å². The van der Waals surface area contributed by atoms with Crippen LogP contribution in [0.15, 0.2) is 18.2 Å². The number of fused-ring (bicyclic) bond motifs is 1. The standard InChI is InChI=1S/C11H8F2O5/c12-11(13)17-8-3-1-6(5-9(8)18-11)7(14)2-4-10(15)16/h1,3,5H,2,4H2,(H,15,16). The largest absolute Gasteiger partial charge is 0.586 e. The molecule has 0 fully saturated rings. The predicted octanol–water partition coefficient (Wildman–Crippen LogP) is 2.06. The highest BCUT2D eigenvalue weighted by Gasteiger charge is 2.43. The van der Waals surface area contributed by atoms with Crippen molar-refractivity contribution in [1.29, 1.82) is 0 Å². The first kappa shape index (κ1) is 12.3. The zero-order valence-corrected chi connectivity index (χ0v) is 8.98. The van der Waals surface area contributed by atoms with Crippen molar-refractivity contribution in [2.45, 2.75) is 19.1 Å². The summed E-state index contributed by atoms with van der Waals surface area (Å²) in [6, 6.07) is 3.58. The Morgan fingerprint density at radius 1 is 1.17 bits per heavy atom. The molecule has 1 aromatic carbocycles. The molecule has 0 unspecified atom stereocenters. The summed E-state index contributed by atoms with van der Waals surface area (Å²) in [6.07, 6.45) is -4.25. The highest BCUT2D eigenvalue weighted by Crippen LogP contribution is 2.41. The van der Waals surface area contributed by atoms with Crippen LogP contribution in [-0.4, -0.2) is 23.2 Å². The molecule has 0 saturated heterocycles. The van der Waals surface area contributed by atoms with Crippen molar-refractivity contribution >= 4 is 11.8 Å². The van der Waals surface area contributed by atoms with Gasteiger partial charge in [0.05, 0.1) is 6.42 Å². The van der Waals surface area contributed by atoms with Crippen molar-refractivity contribution in [2.24, 2.45) is 0 Å². The number of ether oxygens (including phenoxy) is 2. The van der Waals surface area contributed by atoms with Crippen molar-refractivity contribution in [3.05, 3.63) is 23.8 Å². The molecule has 96 valence electrons. The summed E-state index contributed by atoms with van der Waals surface area (Å²) in [5.41, 5.74) is 0.108. The van der Waals surface area contributed by atoms with E-state index in [9.17, 15) is 18.4 Å². The number of halogens is 2. The average molecular weight is 258 g/mol. The molecule has 0 bridgehead atoms. The summed E-state index contributed by atoms with van der Waals surface area (Å²) in [5.74, 6) is -1.95. The fourth-order valence-electron chi connectivity index (χ4n) is 1.49. The second-order valence-electron chi connectivity index (χ2n) is 3.65. The minimum Gasteiger partial charge on any atom is -0.481 e. The van der Waals surface area contributed by atoms with Crippen LogP contribution >= 0.6 is 0 Å². The van der Waals surface area contributed by atoms with Crippen LogP contribution in [0.1, 0.15) is 23.2 Å². The van der Waals surface area contributed by atoms with Gasteiger partial charge in [0.25, 0.3) is 0 Å². The quantitative estimate of drug-likeness (QED) is 0.837. The number of Topliss-reactive ketones (excluding diaryl/α,β-unsaturated/α-hetero) is 1. The molecule has 0 aliphatic carbocycles. The Morgan fingerprint density at radius 2 is 1.83 bits per heavy atom. The number of benzene rings is 1. The second-order valence-corrected chi connectivity index (χ2v) is 3.65. The van der Waals surface area contributed by atoms with E-state index in [0.29, 0.717) is 0 Å². The lowest BCUT2D eigenvalue weighted by Crippen LogP contribution is -2.25. The topological polar surface area (TPSA) is 72.8 Å². The van der Waals surface area contributed by atoms with Gasteiger partial charge in [-0.2, -0.15) is 0 Å². The minimum absolute atomic E-state index is 0.108. The van der Waals surface area contributed by atoms with Crippen LogP contribution in [0.3, 0.4) is 0 Å². The van der Waals surface area contributed by atoms with Crippen molar-refractivity contribution in [3.8, 4) is 11.5 Å². The van der Waals surface area contributed by atoms with Gasteiger partial charge in [-0.1, -0.05) is 0 Å². The number of carbonyl (C=O) groups excluding carboxylic acids is 1. The van der Waals surface area contributed by atoms with Gasteiger partial charge in [-0.3, -0.25) is 9.59 Å². The van der Waals surface area contributed by atoms with Gasteiger partial charge >= 0.3 is 12.3 Å². The Kier molecular flexibility index (Phi) is 2.90. The SMILES string of the molecule is O=C(O)CCC(=O)c1ccc2c(c1)OC(F)(F)O2. The lowest BCUT2D eigenvalue weighted by Gasteiger charge is -2.04. The molecule has 1 aliphatic rings. The van der Waals surface area contributed by atoms with E-state index >= 15 is 0 Å². The van der Waals surface area contributed by atoms with Crippen LogP contribution in [0.2, 0.25) is 0 Å². The number of carboxylic acids is 1. The first-order valence-corrected chi connectivity index (χ1v) is 5.02. The molecule has 7 heteroatoms. The van der Waals surface area contributed by atoms with E-state index in [0.717, 1.165) is 6.07 Å². The van der Waals surface area contributed by atoms with Gasteiger partial charge in [0, 0.05) is 12.0 Å². The molecule has 0 spiro atoms. The van der Waals surface area contributed by atoms with Gasteiger partial charge in [-0.15, -0.1) is 8.78 Å². The molecule has 1 aliphatic heterocycles. The molecule has 0 aromatic heterocycles. The molecule has 2 rings (SSSR count). The Balaban J connectivity index is 2.13. The maximum Gasteiger partial charge on any atom is 0.586 e. The summed E-state index contributed by atoms with van der Waals surface area (Å²) in [6.45, 7) is 0. The number of ketones is 1. The highest BCUT2D eigenvalue weighted by atomic mass is 19.3. The fraction of sp³-hybridized carbons (Fsp3) is 0.273. The predicted molar refractivity (Wildman–Crippen MR) is 53.8 cm³/mol. The summed E-state index contributed by atoms with van der Waals surface area (Å²) in [4.78, 5) is 21.9. The normalized spacial score (nSPS) is 15.4. The van der Waals surface area contributed by atoms with Crippen molar-refractivity contribution in [1.82, 2.24) is 0 Å². The van der Waals surface area contributed by atoms with Gasteiger partial charge in [-0.25, -0.2) is 0 Å². The van der Waals surface area contributed by atoms with Gasteiger partial charge in [0.15, 0.2) is 17.3 Å². The molecule has 5 nitrogen and oxygen atoms in total. The van der Waals surface area contributed by atoms with E-state index in [1.165, 1.54) is 12.1 Å². The smallest absolute Gasteiger partial charge is 0.481 e. The van der Waals surface area contributed by atoms with Crippen LogP contribution in [0, 0.1) is 0 Å². The minimum atomic E-state index is -3.73. The Hall–Kier alpha value is -2.18. The fourth-order valence-corrected chi connectivity index (χ4v) is 1.49. The summed E-state index contributed by atoms with van der Waals surface area (Å²) < 4.78 is 33.8. The summed E-state index contributed by atoms with van der Waals surface area (Å²) in [5, 5.41) is 8.44. The number of hydrogen-bond acceptors (Lipinski definition) is 4. The number of aliphatic carboxylic acids is 1. The van der Waals surface area contributed by atoms with Crippen molar-refractivity contribution in [3.63, 3.8) is 0 Å². The number of carbonyl (C=O) groups is 2. The van der Waals surface area contributed by atoms with Crippen LogP contribution < -0.4 is 9.47 Å². The molecule has 1 aromatic rings. The number of carboxylic acid groups (broad SMARTS) is 1. The molecule has 18 heavy (non-hydrogen) atoms. The van der Waals surface area contributed by atoms with E-state index in [1.807, 2.05) is 0 Å². The first-order valence-electron chi connectivity index (χ1n) is 5.02. The lowest BCUT2D eigenvalue weighted by molar-refractivity contribution is -0.286. The van der Waals surface area contributed by atoms with Gasteiger partial charge in [0.1, 0.15) is 0 Å². The Morgan fingerprint density at radius 3 is 2.50 bits per heavy atom. The average Bonchev–Trinajstić information content (AvgIpc) is 2.58. The van der Waals surface area contributed by atoms with E-state index in [2.05, 4.69) is 9.47 Å². The summed E-state index contributed by atoms with van der Waals surface area (Å²) in [7, 11) is 0. The van der Waals surface area contributed by atoms with Crippen LogP contribution in [0.4, 0.5) is 8.78 Å². The van der Waals surface area contributed by atoms with Crippen molar-refractivity contribution in [2.75, 3.05) is 0 Å². The third-order valence-corrected chi connectivity index (χ3v) is 2.29. The molecule has 0 atom stereocenters. The lowest BCUT2D eigenvalue weighted by atomic mass is 10.1. The third-order valence-electron chi connectivity index (χ3n) is 2.29. The van der Waals surface area contributed by atoms with Crippen LogP contribution in [0.5, 0.6) is 11.5 Å². The van der Waals surface area contributed by atoms with Crippen LogP contribution in [-0.2, 0) is 4.79 Å². The van der Waals surface area contributed by atoms with Gasteiger partial charge < -0.3 is 14.6 Å². The van der Waals surface area contributed by atoms with Gasteiger partial charge in [-0.05, 0) is 18.2 Å². The van der Waals surface area contributed by atoms with E-state index in [-0.39, 0.29) is 29.9 Å². The summed E-state index contributed by atoms with van der Waals surface area (Å²) >= 11 is 0. The highest BCUT2D eigenvalue weighted by molar-refractivity contribution is 5.98. The molecule has 0 radical (unpaired) electrons. The molecule has 1 N–H and O–H groups in total. The number of rotatable bonds is 4.